The molecule has 0 aliphatic heterocycles. The Labute approximate surface area is 131 Å². The number of hydrogen-bond acceptors (Lipinski definition) is 3. The fourth-order valence-electron chi connectivity index (χ4n) is 2.58. The van der Waals surface area contributed by atoms with Crippen LogP contribution in [-0.4, -0.2) is 24.2 Å². The lowest BCUT2D eigenvalue weighted by Crippen LogP contribution is -2.32. The van der Waals surface area contributed by atoms with Crippen molar-refractivity contribution in [2.24, 2.45) is 4.99 Å². The minimum atomic E-state index is -1.60. The molecule has 0 aliphatic carbocycles. The summed E-state index contributed by atoms with van der Waals surface area (Å²) in [5.74, 6) is 0.443. The third-order valence-corrected chi connectivity index (χ3v) is 8.29. The van der Waals surface area contributed by atoms with Crippen molar-refractivity contribution in [3.05, 3.63) is 35.4 Å². The smallest absolute Gasteiger partial charge is 0.235 e. The molecule has 0 fully saturated rings. The Hall–Kier alpha value is -1.01. The van der Waals surface area contributed by atoms with Crippen molar-refractivity contribution in [1.82, 2.24) is 0 Å². The molecule has 0 heterocycles. The van der Waals surface area contributed by atoms with E-state index in [9.17, 15) is 4.79 Å². The van der Waals surface area contributed by atoms with Crippen LogP contribution in [0.2, 0.25) is 25.7 Å². The predicted molar refractivity (Wildman–Crippen MR) is 91.0 cm³/mol. The van der Waals surface area contributed by atoms with Crippen LogP contribution in [0.15, 0.2) is 29.3 Å². The largest absolute Gasteiger partial charge is 0.456 e. The van der Waals surface area contributed by atoms with Crippen LogP contribution in [-0.2, 0) is 14.4 Å². The highest BCUT2D eigenvalue weighted by Crippen LogP contribution is 2.31. The quantitative estimate of drug-likeness (QED) is 0.428. The molecule has 0 saturated heterocycles. The zero-order chi connectivity index (χ0) is 16.1. The van der Waals surface area contributed by atoms with Crippen LogP contribution in [0, 0.1) is 0 Å². The summed E-state index contributed by atoms with van der Waals surface area (Å²) in [5.41, 5.74) is 1.81. The first-order valence-corrected chi connectivity index (χ1v) is 11.8. The lowest BCUT2D eigenvalue weighted by molar-refractivity contribution is 0.522. The Morgan fingerprint density at radius 2 is 2.10 bits per heavy atom. The van der Waals surface area contributed by atoms with Gasteiger partial charge in [-0.1, -0.05) is 31.2 Å². The molecule has 0 spiro atoms. The van der Waals surface area contributed by atoms with Crippen molar-refractivity contribution in [1.29, 1.82) is 0 Å². The van der Waals surface area contributed by atoms with Crippen LogP contribution in [0.5, 0.6) is 0 Å². The van der Waals surface area contributed by atoms with E-state index in [1.54, 1.807) is 6.08 Å². The number of benzene rings is 1. The number of aliphatic imine (C=N–C) groups is 1. The number of carbonyl (C=O) groups excluding carboxylic acids is 1. The Kier molecular flexibility index (Phi) is 6.29. The highest BCUT2D eigenvalue weighted by Gasteiger charge is 2.26. The molecule has 1 rings (SSSR count). The third-order valence-electron chi connectivity index (χ3n) is 3.66. The molecule has 114 valence electrons. The molecule has 0 aromatic heterocycles. The van der Waals surface area contributed by atoms with Crippen LogP contribution in [0.3, 0.4) is 0 Å². The Morgan fingerprint density at radius 1 is 1.43 bits per heavy atom. The molecule has 0 aliphatic rings. The number of isocyanates is 1. The average Bonchev–Trinajstić information content (AvgIpc) is 2.38. The van der Waals surface area contributed by atoms with Gasteiger partial charge < -0.3 is 4.12 Å². The molecule has 1 unspecified atom stereocenters. The average molecular weight is 320 g/mol. The van der Waals surface area contributed by atoms with E-state index in [-0.39, 0.29) is 0 Å². The van der Waals surface area contributed by atoms with E-state index >= 15 is 0 Å². The number of hydrogen-bond donors (Lipinski definition) is 0. The molecular weight excluding hydrogens is 294 g/mol. The second kappa shape index (κ2) is 7.32. The summed E-state index contributed by atoms with van der Waals surface area (Å²) < 4.78 is 5.95. The van der Waals surface area contributed by atoms with Gasteiger partial charge in [-0.3, -0.25) is 0 Å². The molecule has 1 atom stereocenters. The molecule has 0 N–H and O–H groups in total. The maximum Gasteiger partial charge on any atom is 0.235 e. The van der Waals surface area contributed by atoms with Crippen LogP contribution in [0.4, 0.5) is 0 Å². The lowest BCUT2D eigenvalue weighted by atomic mass is 9.91. The second-order valence-electron chi connectivity index (χ2n) is 6.56. The zero-order valence-electron chi connectivity index (χ0n) is 13.9. The summed E-state index contributed by atoms with van der Waals surface area (Å²) in [6.07, 6.45) is 1.67. The number of nitrogens with zero attached hydrogens (tertiary/aromatic N) is 1. The van der Waals surface area contributed by atoms with Crippen molar-refractivity contribution in [2.75, 3.05) is 0 Å². The highest BCUT2D eigenvalue weighted by molar-refractivity contribution is 6.75. The standard InChI is InChI=1S/C16H25NO2Si2/c1-13(11-21(5,6)19-20-4)14-8-7-9-15(10-14)16(2,3)17-12-18/h7-10,13H,11H2,1-6H3. The molecule has 21 heavy (non-hydrogen) atoms. The van der Waals surface area contributed by atoms with Gasteiger partial charge in [0.1, 0.15) is 0 Å². The van der Waals surface area contributed by atoms with Gasteiger partial charge >= 0.3 is 0 Å². The molecule has 0 amide bonds. The van der Waals surface area contributed by atoms with E-state index in [2.05, 4.69) is 43.7 Å². The van der Waals surface area contributed by atoms with E-state index in [1.807, 2.05) is 26.0 Å². The van der Waals surface area contributed by atoms with Crippen molar-refractivity contribution in [3.63, 3.8) is 0 Å². The SMILES string of the molecule is C[Si]O[Si](C)(C)CC(C)c1cccc(C(C)(C)N=C=O)c1. The topological polar surface area (TPSA) is 38.7 Å². The van der Waals surface area contributed by atoms with Gasteiger partial charge in [-0.25, -0.2) is 4.79 Å². The fourth-order valence-corrected chi connectivity index (χ4v) is 6.83. The van der Waals surface area contributed by atoms with E-state index in [4.69, 9.17) is 4.12 Å². The first-order valence-electron chi connectivity index (χ1n) is 7.26. The molecule has 5 heteroatoms. The van der Waals surface area contributed by atoms with Gasteiger partial charge in [0, 0.05) is 0 Å². The maximum absolute atomic E-state index is 10.6. The van der Waals surface area contributed by atoms with Gasteiger partial charge in [0.05, 0.1) is 5.54 Å². The fraction of sp³-hybridized carbons (Fsp3) is 0.562. The normalized spacial score (nSPS) is 13.6. The second-order valence-corrected chi connectivity index (χ2v) is 11.7. The van der Waals surface area contributed by atoms with Gasteiger partial charge in [0.15, 0.2) is 8.32 Å². The minimum absolute atomic E-state index is 0.443. The minimum Gasteiger partial charge on any atom is -0.456 e. The van der Waals surface area contributed by atoms with Crippen LogP contribution < -0.4 is 0 Å². The molecular formula is C16H25NO2Si2. The lowest BCUT2D eigenvalue weighted by Gasteiger charge is -2.27. The van der Waals surface area contributed by atoms with Crippen molar-refractivity contribution in [2.45, 2.75) is 57.9 Å². The van der Waals surface area contributed by atoms with Gasteiger partial charge in [-0.2, -0.15) is 4.99 Å². The summed E-state index contributed by atoms with van der Waals surface area (Å²) in [4.78, 5) is 14.5. The van der Waals surface area contributed by atoms with Crippen LogP contribution >= 0.6 is 0 Å². The number of rotatable bonds is 7. The maximum atomic E-state index is 10.6. The van der Waals surface area contributed by atoms with Gasteiger partial charge in [0.25, 0.3) is 0 Å². The van der Waals surface area contributed by atoms with Gasteiger partial charge in [0.2, 0.25) is 15.8 Å². The Balaban J connectivity index is 2.97. The molecule has 0 saturated carbocycles. The Bertz CT molecular complexity index is 523. The van der Waals surface area contributed by atoms with E-state index in [1.165, 1.54) is 5.56 Å². The predicted octanol–water partition coefficient (Wildman–Crippen LogP) is 4.25. The van der Waals surface area contributed by atoms with Gasteiger partial charge in [-0.15, -0.1) is 0 Å². The first-order chi connectivity index (χ1) is 9.72. The Morgan fingerprint density at radius 3 is 2.67 bits per heavy atom. The molecule has 1 aromatic carbocycles. The van der Waals surface area contributed by atoms with Crippen LogP contribution in [0.1, 0.15) is 37.8 Å². The molecule has 1 aromatic rings. The summed E-state index contributed by atoms with van der Waals surface area (Å²) in [6.45, 7) is 12.7. The van der Waals surface area contributed by atoms with Crippen LogP contribution in [0.25, 0.3) is 0 Å². The van der Waals surface area contributed by atoms with Crippen molar-refractivity contribution in [3.8, 4) is 0 Å². The summed E-state index contributed by atoms with van der Waals surface area (Å²) in [5, 5.41) is 0. The summed E-state index contributed by atoms with van der Waals surface area (Å²) in [7, 11) is -1.04. The van der Waals surface area contributed by atoms with E-state index < -0.39 is 13.9 Å². The zero-order valence-corrected chi connectivity index (χ0v) is 15.9. The third kappa shape index (κ3) is 5.36. The highest BCUT2D eigenvalue weighted by atomic mass is 28.4. The molecule has 0 bridgehead atoms. The molecule has 3 nitrogen and oxygen atoms in total. The van der Waals surface area contributed by atoms with Crippen molar-refractivity contribution >= 4 is 24.2 Å². The first kappa shape index (κ1) is 18.0. The van der Waals surface area contributed by atoms with E-state index in [0.29, 0.717) is 15.7 Å². The van der Waals surface area contributed by atoms with Gasteiger partial charge in [-0.05, 0) is 56.6 Å². The summed E-state index contributed by atoms with van der Waals surface area (Å²) >= 11 is 0. The monoisotopic (exact) mass is 319 g/mol. The summed E-state index contributed by atoms with van der Waals surface area (Å²) in [6, 6.07) is 9.45. The molecule has 2 radical (unpaired) electrons. The van der Waals surface area contributed by atoms with Crippen molar-refractivity contribution < 1.29 is 8.91 Å². The van der Waals surface area contributed by atoms with E-state index in [0.717, 1.165) is 11.6 Å².